The quantitative estimate of drug-likeness (QED) is 0.925. The molecule has 1 aliphatic rings. The van der Waals surface area contributed by atoms with Gasteiger partial charge in [-0.3, -0.25) is 4.90 Å². The van der Waals surface area contributed by atoms with E-state index in [1.54, 1.807) is 12.1 Å². The molecule has 2 N–H and O–H groups in total. The Hall–Kier alpha value is -1.68. The zero-order valence-electron chi connectivity index (χ0n) is 12.9. The highest BCUT2D eigenvalue weighted by molar-refractivity contribution is 5.85. The first-order valence-electron chi connectivity index (χ1n) is 7.67. The van der Waals surface area contributed by atoms with Gasteiger partial charge in [0.05, 0.1) is 0 Å². The van der Waals surface area contributed by atoms with Crippen molar-refractivity contribution >= 4 is 18.5 Å². The molecule has 1 heterocycles. The third kappa shape index (κ3) is 4.64. The van der Waals surface area contributed by atoms with Crippen molar-refractivity contribution < 1.29 is 4.39 Å². The second-order valence-corrected chi connectivity index (χ2v) is 5.85. The number of benzene rings is 2. The number of nitrogens with two attached hydrogens (primary N) is 1. The number of hydrogen-bond acceptors (Lipinski definition) is 2. The van der Waals surface area contributed by atoms with Gasteiger partial charge in [-0.25, -0.2) is 4.39 Å². The van der Waals surface area contributed by atoms with Gasteiger partial charge in [0.2, 0.25) is 0 Å². The number of nitrogens with zero attached hydrogens (tertiary/aromatic N) is 1. The maximum absolute atomic E-state index is 12.9. The molecule has 2 nitrogen and oxygen atoms in total. The first kappa shape index (κ1) is 17.7. The molecule has 1 aliphatic heterocycles. The Morgan fingerprint density at radius 1 is 1.04 bits per heavy atom. The summed E-state index contributed by atoms with van der Waals surface area (Å²) in [4.78, 5) is 2.36. The summed E-state index contributed by atoms with van der Waals surface area (Å²) in [5, 5.41) is 0. The molecular formula is C19H22ClFN2. The summed E-state index contributed by atoms with van der Waals surface area (Å²) in [5.41, 5.74) is 8.63. The van der Waals surface area contributed by atoms with E-state index in [0.29, 0.717) is 5.92 Å². The van der Waals surface area contributed by atoms with Gasteiger partial charge in [0.1, 0.15) is 5.82 Å². The molecule has 0 saturated carbocycles. The molecule has 0 aromatic heterocycles. The monoisotopic (exact) mass is 332 g/mol. The Labute approximate surface area is 143 Å². The zero-order chi connectivity index (χ0) is 15.4. The van der Waals surface area contributed by atoms with Crippen molar-refractivity contribution in [3.63, 3.8) is 0 Å². The highest BCUT2D eigenvalue weighted by Gasteiger charge is 2.30. The SMILES string of the molecule is Cl.N[C@@H]1CN(C/C=C/c2ccc(F)cc2)C[C@H]1c1ccccc1. The van der Waals surface area contributed by atoms with Crippen LogP contribution in [0.3, 0.4) is 0 Å². The van der Waals surface area contributed by atoms with Gasteiger partial charge < -0.3 is 5.73 Å². The summed E-state index contributed by atoms with van der Waals surface area (Å²) in [5.74, 6) is 0.203. The van der Waals surface area contributed by atoms with Gasteiger partial charge in [0.25, 0.3) is 0 Å². The molecule has 0 radical (unpaired) electrons. The summed E-state index contributed by atoms with van der Waals surface area (Å²) >= 11 is 0. The summed E-state index contributed by atoms with van der Waals surface area (Å²) < 4.78 is 12.9. The zero-order valence-corrected chi connectivity index (χ0v) is 13.8. The van der Waals surface area contributed by atoms with Crippen LogP contribution in [0.1, 0.15) is 17.0 Å². The average Bonchev–Trinajstić information content (AvgIpc) is 2.91. The van der Waals surface area contributed by atoms with Crippen LogP contribution >= 0.6 is 12.4 Å². The maximum atomic E-state index is 12.9. The number of rotatable bonds is 4. The maximum Gasteiger partial charge on any atom is 0.123 e. The van der Waals surface area contributed by atoms with E-state index in [9.17, 15) is 4.39 Å². The highest BCUT2D eigenvalue weighted by atomic mass is 35.5. The molecule has 0 amide bonds. The normalized spacial score (nSPS) is 21.5. The molecule has 2 atom stereocenters. The van der Waals surface area contributed by atoms with Gasteiger partial charge in [0, 0.05) is 31.6 Å². The topological polar surface area (TPSA) is 29.3 Å². The smallest absolute Gasteiger partial charge is 0.123 e. The molecule has 1 saturated heterocycles. The van der Waals surface area contributed by atoms with Crippen molar-refractivity contribution in [2.45, 2.75) is 12.0 Å². The minimum absolute atomic E-state index is 0. The summed E-state index contributed by atoms with van der Waals surface area (Å²) in [6.45, 7) is 2.76. The lowest BCUT2D eigenvalue weighted by molar-refractivity contribution is 0.369. The highest BCUT2D eigenvalue weighted by Crippen LogP contribution is 2.26. The molecule has 2 aromatic carbocycles. The molecule has 122 valence electrons. The molecule has 3 rings (SSSR count). The first-order chi connectivity index (χ1) is 10.7. The Morgan fingerprint density at radius 3 is 2.43 bits per heavy atom. The third-order valence-electron chi connectivity index (χ3n) is 4.21. The lowest BCUT2D eigenvalue weighted by Gasteiger charge is -2.14. The fourth-order valence-electron chi connectivity index (χ4n) is 3.03. The van der Waals surface area contributed by atoms with Crippen molar-refractivity contribution in [1.82, 2.24) is 4.90 Å². The number of halogens is 2. The number of hydrogen-bond donors (Lipinski definition) is 1. The Balaban J connectivity index is 0.00000192. The molecule has 1 fully saturated rings. The minimum atomic E-state index is -0.201. The molecule has 23 heavy (non-hydrogen) atoms. The van der Waals surface area contributed by atoms with Crippen LogP contribution < -0.4 is 5.73 Å². The molecule has 4 heteroatoms. The largest absolute Gasteiger partial charge is 0.326 e. The van der Waals surface area contributed by atoms with E-state index in [1.807, 2.05) is 12.1 Å². The summed E-state index contributed by atoms with van der Waals surface area (Å²) in [6.07, 6.45) is 4.15. The van der Waals surface area contributed by atoms with Crippen molar-refractivity contribution in [2.24, 2.45) is 5.73 Å². The van der Waals surface area contributed by atoms with Crippen LogP contribution in [0.15, 0.2) is 60.7 Å². The molecule has 0 unspecified atom stereocenters. The van der Waals surface area contributed by atoms with Crippen molar-refractivity contribution in [3.8, 4) is 0 Å². The standard InChI is InChI=1S/C19H21FN2.ClH/c20-17-10-8-15(9-11-17)5-4-12-22-13-18(19(21)14-22)16-6-2-1-3-7-16;/h1-11,18-19H,12-14,21H2;1H/b5-4+;/t18-,19+;/m0./s1. The molecule has 2 aromatic rings. The van der Waals surface area contributed by atoms with E-state index < -0.39 is 0 Å². The van der Waals surface area contributed by atoms with Gasteiger partial charge >= 0.3 is 0 Å². The van der Waals surface area contributed by atoms with Crippen LogP contribution in [-0.2, 0) is 0 Å². The van der Waals surface area contributed by atoms with E-state index in [-0.39, 0.29) is 24.3 Å². The van der Waals surface area contributed by atoms with Crippen molar-refractivity contribution in [3.05, 3.63) is 77.6 Å². The van der Waals surface area contributed by atoms with Gasteiger partial charge in [-0.15, -0.1) is 12.4 Å². The average molecular weight is 333 g/mol. The predicted molar refractivity (Wildman–Crippen MR) is 96.3 cm³/mol. The van der Waals surface area contributed by atoms with Crippen molar-refractivity contribution in [1.29, 1.82) is 0 Å². The predicted octanol–water partition coefficient (Wildman–Crippen LogP) is 3.69. The van der Waals surface area contributed by atoms with Crippen LogP contribution in [0.2, 0.25) is 0 Å². The fraction of sp³-hybridized carbons (Fsp3) is 0.263. The molecular weight excluding hydrogens is 311 g/mol. The van der Waals surface area contributed by atoms with Crippen LogP contribution in [0, 0.1) is 5.82 Å². The van der Waals surface area contributed by atoms with Crippen molar-refractivity contribution in [2.75, 3.05) is 19.6 Å². The van der Waals surface area contributed by atoms with E-state index in [1.165, 1.54) is 17.7 Å². The fourth-order valence-corrected chi connectivity index (χ4v) is 3.03. The van der Waals surface area contributed by atoms with Crippen LogP contribution in [-0.4, -0.2) is 30.6 Å². The van der Waals surface area contributed by atoms with E-state index >= 15 is 0 Å². The van der Waals surface area contributed by atoms with E-state index in [0.717, 1.165) is 25.2 Å². The molecule has 0 spiro atoms. The summed E-state index contributed by atoms with van der Waals surface area (Å²) in [7, 11) is 0. The lowest BCUT2D eigenvalue weighted by atomic mass is 9.95. The van der Waals surface area contributed by atoms with Crippen LogP contribution in [0.4, 0.5) is 4.39 Å². The molecule has 0 aliphatic carbocycles. The van der Waals surface area contributed by atoms with Crippen LogP contribution in [0.5, 0.6) is 0 Å². The van der Waals surface area contributed by atoms with E-state index in [4.69, 9.17) is 5.73 Å². The van der Waals surface area contributed by atoms with Gasteiger partial charge in [-0.1, -0.05) is 54.6 Å². The Bertz CT molecular complexity index is 628. The summed E-state index contributed by atoms with van der Waals surface area (Å²) in [6, 6.07) is 17.2. The van der Waals surface area contributed by atoms with E-state index in [2.05, 4.69) is 35.2 Å². The number of likely N-dealkylation sites (tertiary alicyclic amines) is 1. The van der Waals surface area contributed by atoms with Gasteiger partial charge in [0.15, 0.2) is 0 Å². The third-order valence-corrected chi connectivity index (χ3v) is 4.21. The van der Waals surface area contributed by atoms with Crippen LogP contribution in [0.25, 0.3) is 6.08 Å². The minimum Gasteiger partial charge on any atom is -0.326 e. The first-order valence-corrected chi connectivity index (χ1v) is 7.67. The second-order valence-electron chi connectivity index (χ2n) is 5.85. The van der Waals surface area contributed by atoms with Gasteiger partial charge in [-0.2, -0.15) is 0 Å². The Morgan fingerprint density at radius 2 is 1.74 bits per heavy atom. The van der Waals surface area contributed by atoms with Gasteiger partial charge in [-0.05, 0) is 23.3 Å². The lowest BCUT2D eigenvalue weighted by Crippen LogP contribution is -2.28. The molecule has 0 bridgehead atoms. The second kappa shape index (κ2) is 8.25. The Kier molecular flexibility index (Phi) is 6.34.